The van der Waals surface area contributed by atoms with Gasteiger partial charge in [0.25, 0.3) is 7.82 Å². The number of carbonyl (C=O) groups excluding carboxylic acids is 1. The number of quaternary nitrogens is 1. The summed E-state index contributed by atoms with van der Waals surface area (Å²) in [5.74, 6) is -0.355. The van der Waals surface area contributed by atoms with Crippen LogP contribution in [0, 0.1) is 0 Å². The summed E-state index contributed by atoms with van der Waals surface area (Å²) in [7, 11) is 1.33. The molecule has 0 saturated heterocycles. The van der Waals surface area contributed by atoms with Crippen molar-refractivity contribution in [2.75, 3.05) is 54.1 Å². The maximum absolute atomic E-state index is 12.6. The van der Waals surface area contributed by atoms with Crippen LogP contribution in [0.5, 0.6) is 0 Å². The molecule has 0 N–H and O–H groups in total. The topological polar surface area (TPSA) is 94.1 Å². The smallest absolute Gasteiger partial charge is 0.306 e. The van der Waals surface area contributed by atoms with Crippen LogP contribution in [-0.4, -0.2) is 70.7 Å². The van der Waals surface area contributed by atoms with E-state index >= 15 is 0 Å². The first-order chi connectivity index (χ1) is 26.6. The molecule has 0 aliphatic carbocycles. The minimum absolute atomic E-state index is 0.0184. The zero-order chi connectivity index (χ0) is 40.6. The number of allylic oxidation sites excluding steroid dienone is 10. The molecule has 2 atom stereocenters. The average Bonchev–Trinajstić information content (AvgIpc) is 3.13. The van der Waals surface area contributed by atoms with Gasteiger partial charge in [-0.2, -0.15) is 0 Å². The van der Waals surface area contributed by atoms with E-state index in [-0.39, 0.29) is 25.8 Å². The highest BCUT2D eigenvalue weighted by Gasteiger charge is 2.20. The molecule has 0 radical (unpaired) electrons. The second-order valence-corrected chi connectivity index (χ2v) is 17.1. The number of phosphoric ester groups is 1. The highest BCUT2D eigenvalue weighted by Crippen LogP contribution is 2.38. The molecule has 0 bridgehead atoms. The van der Waals surface area contributed by atoms with Crippen molar-refractivity contribution in [3.05, 3.63) is 60.8 Å². The zero-order valence-corrected chi connectivity index (χ0v) is 37.0. The highest BCUT2D eigenvalue weighted by atomic mass is 31.2. The van der Waals surface area contributed by atoms with E-state index in [4.69, 9.17) is 18.5 Å². The third-order valence-electron chi connectivity index (χ3n) is 9.02. The number of ether oxygens (including phenoxy) is 2. The second kappa shape index (κ2) is 39.0. The molecule has 0 rings (SSSR count). The van der Waals surface area contributed by atoms with Crippen LogP contribution >= 0.6 is 7.82 Å². The quantitative estimate of drug-likeness (QED) is 0.0200. The molecular weight excluding hydrogens is 709 g/mol. The minimum atomic E-state index is -4.53. The van der Waals surface area contributed by atoms with Gasteiger partial charge in [0.1, 0.15) is 19.3 Å². The molecule has 0 aromatic carbocycles. The number of esters is 1. The maximum atomic E-state index is 12.6. The Morgan fingerprint density at radius 2 is 1.04 bits per heavy atom. The predicted octanol–water partition coefficient (Wildman–Crippen LogP) is 12.3. The van der Waals surface area contributed by atoms with Gasteiger partial charge in [0, 0.05) is 13.0 Å². The van der Waals surface area contributed by atoms with Gasteiger partial charge in [-0.3, -0.25) is 9.36 Å². The van der Waals surface area contributed by atoms with E-state index in [0.717, 1.165) is 89.9 Å². The number of rotatable bonds is 40. The number of carbonyl (C=O) groups is 1. The number of phosphoric acid groups is 1. The first kappa shape index (κ1) is 53.2. The largest absolute Gasteiger partial charge is 0.756 e. The lowest BCUT2D eigenvalue weighted by atomic mass is 10.1. The summed E-state index contributed by atoms with van der Waals surface area (Å²) >= 11 is 0. The van der Waals surface area contributed by atoms with Crippen LogP contribution < -0.4 is 4.89 Å². The first-order valence-electron chi connectivity index (χ1n) is 22.0. The van der Waals surface area contributed by atoms with Crippen LogP contribution in [0.4, 0.5) is 0 Å². The second-order valence-electron chi connectivity index (χ2n) is 15.7. The monoisotopic (exact) mass is 794 g/mol. The summed E-state index contributed by atoms with van der Waals surface area (Å²) in [6, 6.07) is 0. The maximum Gasteiger partial charge on any atom is 0.306 e. The highest BCUT2D eigenvalue weighted by molar-refractivity contribution is 7.45. The summed E-state index contributed by atoms with van der Waals surface area (Å²) in [4.78, 5) is 25.0. The summed E-state index contributed by atoms with van der Waals surface area (Å²) < 4.78 is 34.5. The third-order valence-corrected chi connectivity index (χ3v) is 9.99. The standard InChI is InChI=1S/C46H84NO7P/c1-6-8-10-12-14-16-18-20-21-22-23-24-25-26-28-30-32-34-36-38-41-51-43-45(44-53-55(49,50)52-42-40-47(3,4)5)54-46(48)39-37-35-33-31-29-27-19-17-15-13-11-9-7-2/h11,13-14,16-17,19-21,23-24,45H,6-10,12,15,18,22,25-44H2,1-5H3/b13-11-,16-14-,19-17-,21-20-,24-23-. The molecule has 9 heteroatoms. The van der Waals surface area contributed by atoms with Crippen LogP contribution in [0.15, 0.2) is 60.8 Å². The molecule has 55 heavy (non-hydrogen) atoms. The van der Waals surface area contributed by atoms with Crippen LogP contribution in [0.25, 0.3) is 0 Å². The van der Waals surface area contributed by atoms with E-state index in [1.807, 2.05) is 21.1 Å². The summed E-state index contributed by atoms with van der Waals surface area (Å²) in [5.41, 5.74) is 0. The van der Waals surface area contributed by atoms with Crippen molar-refractivity contribution in [2.24, 2.45) is 0 Å². The molecular formula is C46H84NO7P. The molecule has 0 aromatic heterocycles. The van der Waals surface area contributed by atoms with Crippen molar-refractivity contribution in [3.63, 3.8) is 0 Å². The van der Waals surface area contributed by atoms with E-state index in [2.05, 4.69) is 74.6 Å². The fourth-order valence-electron chi connectivity index (χ4n) is 5.59. The molecule has 320 valence electrons. The van der Waals surface area contributed by atoms with Crippen LogP contribution in [0.1, 0.15) is 168 Å². The minimum Gasteiger partial charge on any atom is -0.756 e. The molecule has 0 heterocycles. The molecule has 0 aliphatic heterocycles. The number of hydrogen-bond donors (Lipinski definition) is 0. The van der Waals surface area contributed by atoms with Crippen molar-refractivity contribution >= 4 is 13.8 Å². The van der Waals surface area contributed by atoms with Gasteiger partial charge in [0.2, 0.25) is 0 Å². The molecule has 0 fully saturated rings. The van der Waals surface area contributed by atoms with Crippen molar-refractivity contribution in [1.29, 1.82) is 0 Å². The number of nitrogens with zero attached hydrogens (tertiary/aromatic N) is 1. The lowest BCUT2D eigenvalue weighted by Crippen LogP contribution is -2.37. The van der Waals surface area contributed by atoms with E-state index in [1.54, 1.807) is 0 Å². The average molecular weight is 794 g/mol. The van der Waals surface area contributed by atoms with E-state index in [9.17, 15) is 14.3 Å². The number of unbranched alkanes of at least 4 members (excludes halogenated alkanes) is 16. The van der Waals surface area contributed by atoms with Gasteiger partial charge in [-0.25, -0.2) is 0 Å². The molecule has 0 saturated carbocycles. The lowest BCUT2D eigenvalue weighted by molar-refractivity contribution is -0.870. The Hall–Kier alpha value is -1.80. The summed E-state index contributed by atoms with van der Waals surface area (Å²) in [6.45, 7) is 5.26. The Balaban J connectivity index is 4.25. The van der Waals surface area contributed by atoms with Gasteiger partial charge in [-0.1, -0.05) is 145 Å². The molecule has 2 unspecified atom stereocenters. The van der Waals surface area contributed by atoms with Gasteiger partial charge in [0.15, 0.2) is 0 Å². The Bertz CT molecular complexity index is 1060. The van der Waals surface area contributed by atoms with Crippen molar-refractivity contribution in [2.45, 2.75) is 174 Å². The fraction of sp³-hybridized carbons (Fsp3) is 0.761. The molecule has 0 aliphatic rings. The van der Waals surface area contributed by atoms with Crippen LogP contribution in [-0.2, 0) is 27.9 Å². The van der Waals surface area contributed by atoms with Gasteiger partial charge in [-0.05, 0) is 77.0 Å². The zero-order valence-electron chi connectivity index (χ0n) is 36.1. The summed E-state index contributed by atoms with van der Waals surface area (Å²) in [6.07, 6.45) is 48.0. The Kier molecular flexibility index (Phi) is 37.8. The SMILES string of the molecule is CCC/C=C\C/C=C\CCCCCCCC(=O)OC(COCCCCCCCCC/C=C\C/C=C\C/C=C\CCCCC)COP(=O)([O-])OCC[N+](C)(C)C. The van der Waals surface area contributed by atoms with Gasteiger partial charge in [0.05, 0.1) is 34.4 Å². The van der Waals surface area contributed by atoms with Crippen molar-refractivity contribution in [3.8, 4) is 0 Å². The molecule has 0 spiro atoms. The van der Waals surface area contributed by atoms with Crippen LogP contribution in [0.2, 0.25) is 0 Å². The fourth-order valence-corrected chi connectivity index (χ4v) is 6.32. The lowest BCUT2D eigenvalue weighted by Gasteiger charge is -2.28. The predicted molar refractivity (Wildman–Crippen MR) is 231 cm³/mol. The molecule has 8 nitrogen and oxygen atoms in total. The summed E-state index contributed by atoms with van der Waals surface area (Å²) in [5, 5.41) is 0. The van der Waals surface area contributed by atoms with Gasteiger partial charge >= 0.3 is 5.97 Å². The normalized spacial score (nSPS) is 14.4. The molecule has 0 amide bonds. The number of likely N-dealkylation sites (N-methyl/N-ethyl adjacent to an activating group) is 1. The first-order valence-corrected chi connectivity index (χ1v) is 23.5. The van der Waals surface area contributed by atoms with E-state index < -0.39 is 13.9 Å². The van der Waals surface area contributed by atoms with E-state index in [0.29, 0.717) is 24.1 Å². The van der Waals surface area contributed by atoms with Crippen LogP contribution in [0.3, 0.4) is 0 Å². The Morgan fingerprint density at radius 3 is 1.56 bits per heavy atom. The van der Waals surface area contributed by atoms with Crippen molar-refractivity contribution < 1.29 is 37.3 Å². The van der Waals surface area contributed by atoms with E-state index in [1.165, 1.54) is 57.8 Å². The van der Waals surface area contributed by atoms with Gasteiger partial charge in [-0.15, -0.1) is 0 Å². The Morgan fingerprint density at radius 1 is 0.564 bits per heavy atom. The number of hydrogen-bond acceptors (Lipinski definition) is 7. The third kappa shape index (κ3) is 43.2. The Labute approximate surface area is 339 Å². The van der Waals surface area contributed by atoms with Crippen molar-refractivity contribution in [1.82, 2.24) is 0 Å². The van der Waals surface area contributed by atoms with Gasteiger partial charge < -0.3 is 27.9 Å². The molecule has 0 aromatic rings.